The van der Waals surface area contributed by atoms with Gasteiger partial charge in [0, 0.05) is 12.0 Å². The van der Waals surface area contributed by atoms with Crippen molar-refractivity contribution in [2.75, 3.05) is 20.6 Å². The fourth-order valence-electron chi connectivity index (χ4n) is 0.909. The van der Waals surface area contributed by atoms with Gasteiger partial charge in [-0.05, 0) is 33.9 Å². The number of nitrogens with two attached hydrogens (primary N) is 1. The highest BCUT2D eigenvalue weighted by atomic mass is 15.1. The first-order chi connectivity index (χ1) is 5.61. The van der Waals surface area contributed by atoms with Gasteiger partial charge in [-0.25, -0.2) is 0 Å². The number of nitrogens with zero attached hydrogens (tertiary/aromatic N) is 2. The number of aliphatic imine (C=N–C) groups is 1. The lowest BCUT2D eigenvalue weighted by Gasteiger charge is -2.17. The summed E-state index contributed by atoms with van der Waals surface area (Å²) in [5, 5.41) is 0. The van der Waals surface area contributed by atoms with Gasteiger partial charge in [0.2, 0.25) is 0 Å². The summed E-state index contributed by atoms with van der Waals surface area (Å²) in [7, 11) is 4.13. The van der Waals surface area contributed by atoms with E-state index in [1.165, 1.54) is 12.8 Å². The molecule has 0 spiro atoms. The Balaban J connectivity index is 2.26. The summed E-state index contributed by atoms with van der Waals surface area (Å²) < 4.78 is 0. The van der Waals surface area contributed by atoms with Gasteiger partial charge in [0.1, 0.15) is 0 Å². The molecule has 12 heavy (non-hydrogen) atoms. The van der Waals surface area contributed by atoms with Crippen molar-refractivity contribution in [3.05, 3.63) is 0 Å². The molecule has 0 aromatic heterocycles. The van der Waals surface area contributed by atoms with Crippen LogP contribution in [-0.2, 0) is 0 Å². The van der Waals surface area contributed by atoms with Crippen molar-refractivity contribution in [3.8, 4) is 0 Å². The maximum atomic E-state index is 5.76. The van der Waals surface area contributed by atoms with Gasteiger partial charge in [-0.2, -0.15) is 0 Å². The lowest BCUT2D eigenvalue weighted by Crippen LogP contribution is -2.28. The maximum Gasteiger partial charge on any atom is 0.0969 e. The van der Waals surface area contributed by atoms with Crippen molar-refractivity contribution in [2.24, 2.45) is 16.6 Å². The summed E-state index contributed by atoms with van der Waals surface area (Å²) in [6.07, 6.45) is 2.48. The lowest BCUT2D eigenvalue weighted by atomic mass is 10.3. The molecule has 1 aliphatic carbocycles. The zero-order chi connectivity index (χ0) is 9.14. The zero-order valence-corrected chi connectivity index (χ0v) is 8.25. The third-order valence-electron chi connectivity index (χ3n) is 2.42. The van der Waals surface area contributed by atoms with Crippen LogP contribution in [0.15, 0.2) is 4.99 Å². The molecule has 0 aromatic carbocycles. The van der Waals surface area contributed by atoms with E-state index < -0.39 is 0 Å². The second-order valence-electron chi connectivity index (χ2n) is 3.85. The van der Waals surface area contributed by atoms with Gasteiger partial charge in [-0.15, -0.1) is 0 Å². The summed E-state index contributed by atoms with van der Waals surface area (Å²) in [6, 6.07) is 0.488. The Morgan fingerprint density at radius 1 is 1.58 bits per heavy atom. The highest BCUT2D eigenvalue weighted by Crippen LogP contribution is 2.28. The Morgan fingerprint density at radius 3 is 2.58 bits per heavy atom. The Labute approximate surface area is 74.6 Å². The first kappa shape index (κ1) is 9.52. The fraction of sp³-hybridized carbons (Fsp3) is 0.889. The molecule has 1 saturated carbocycles. The van der Waals surface area contributed by atoms with E-state index in [4.69, 9.17) is 5.73 Å². The number of hydrogen-bond donors (Lipinski definition) is 1. The van der Waals surface area contributed by atoms with Gasteiger partial charge in [0.25, 0.3) is 0 Å². The molecule has 3 heteroatoms. The molecule has 3 nitrogen and oxygen atoms in total. The Hall–Kier alpha value is -0.570. The van der Waals surface area contributed by atoms with Crippen LogP contribution < -0.4 is 5.73 Å². The van der Waals surface area contributed by atoms with Crippen molar-refractivity contribution in [1.29, 1.82) is 0 Å². The quantitative estimate of drug-likeness (QED) is 0.497. The first-order valence-corrected chi connectivity index (χ1v) is 4.57. The summed E-state index contributed by atoms with van der Waals surface area (Å²) in [4.78, 5) is 6.52. The topological polar surface area (TPSA) is 41.6 Å². The third-order valence-corrected chi connectivity index (χ3v) is 2.42. The fourth-order valence-corrected chi connectivity index (χ4v) is 0.909. The van der Waals surface area contributed by atoms with Crippen LogP contribution in [0.2, 0.25) is 0 Å². The molecule has 70 valence electrons. The molecular formula is C9H19N3. The summed E-state index contributed by atoms with van der Waals surface area (Å²) in [5.41, 5.74) is 5.76. The SMILES string of the molecule is CC(CN=C(N)C1CC1)N(C)C. The third kappa shape index (κ3) is 2.81. The Morgan fingerprint density at radius 2 is 2.17 bits per heavy atom. The van der Waals surface area contributed by atoms with Gasteiger partial charge < -0.3 is 10.6 Å². The van der Waals surface area contributed by atoms with E-state index in [1.807, 2.05) is 0 Å². The molecule has 0 aromatic rings. The highest BCUT2D eigenvalue weighted by Gasteiger charge is 2.25. The van der Waals surface area contributed by atoms with E-state index in [-0.39, 0.29) is 0 Å². The van der Waals surface area contributed by atoms with Crippen LogP contribution in [0.4, 0.5) is 0 Å². The van der Waals surface area contributed by atoms with Crippen LogP contribution in [-0.4, -0.2) is 37.4 Å². The highest BCUT2D eigenvalue weighted by molar-refractivity contribution is 5.84. The minimum absolute atomic E-state index is 0.488. The standard InChI is InChI=1S/C9H19N3/c1-7(12(2)3)6-11-9(10)8-4-5-8/h7-8H,4-6H2,1-3H3,(H2,10,11). The van der Waals surface area contributed by atoms with Gasteiger partial charge in [0.05, 0.1) is 12.4 Å². The van der Waals surface area contributed by atoms with Gasteiger partial charge in [-0.1, -0.05) is 0 Å². The van der Waals surface area contributed by atoms with Crippen molar-refractivity contribution < 1.29 is 0 Å². The van der Waals surface area contributed by atoms with Gasteiger partial charge >= 0.3 is 0 Å². The zero-order valence-electron chi connectivity index (χ0n) is 8.25. The molecule has 2 N–H and O–H groups in total. The first-order valence-electron chi connectivity index (χ1n) is 4.57. The van der Waals surface area contributed by atoms with E-state index in [2.05, 4.69) is 30.9 Å². The van der Waals surface area contributed by atoms with Crippen LogP contribution in [0.25, 0.3) is 0 Å². The summed E-state index contributed by atoms with van der Waals surface area (Å²) in [5.74, 6) is 1.48. The Bertz CT molecular complexity index is 171. The minimum atomic E-state index is 0.488. The Kier molecular flexibility index (Phi) is 3.09. The van der Waals surface area contributed by atoms with Crippen molar-refractivity contribution in [2.45, 2.75) is 25.8 Å². The molecular weight excluding hydrogens is 150 g/mol. The monoisotopic (exact) mass is 169 g/mol. The van der Waals surface area contributed by atoms with Crippen LogP contribution in [0.3, 0.4) is 0 Å². The molecule has 0 amide bonds. The molecule has 1 aliphatic rings. The smallest absolute Gasteiger partial charge is 0.0969 e. The van der Waals surface area contributed by atoms with Gasteiger partial charge in [0.15, 0.2) is 0 Å². The number of hydrogen-bond acceptors (Lipinski definition) is 2. The molecule has 0 radical (unpaired) electrons. The maximum absolute atomic E-state index is 5.76. The molecule has 1 atom stereocenters. The normalized spacial score (nSPS) is 21.5. The predicted octanol–water partition coefficient (Wildman–Crippen LogP) is 0.704. The molecule has 0 aliphatic heterocycles. The van der Waals surface area contributed by atoms with Crippen LogP contribution in [0.5, 0.6) is 0 Å². The van der Waals surface area contributed by atoms with E-state index in [0.717, 1.165) is 12.4 Å². The predicted molar refractivity (Wildman–Crippen MR) is 52.4 cm³/mol. The molecule has 1 rings (SSSR count). The second-order valence-corrected chi connectivity index (χ2v) is 3.85. The van der Waals surface area contributed by atoms with Crippen LogP contribution in [0, 0.1) is 5.92 Å². The average molecular weight is 169 g/mol. The summed E-state index contributed by atoms with van der Waals surface area (Å²) >= 11 is 0. The molecule has 0 heterocycles. The number of likely N-dealkylation sites (N-methyl/N-ethyl adjacent to an activating group) is 1. The average Bonchev–Trinajstić information content (AvgIpc) is 2.81. The number of amidine groups is 1. The summed E-state index contributed by atoms with van der Waals surface area (Å²) in [6.45, 7) is 2.99. The van der Waals surface area contributed by atoms with E-state index in [1.54, 1.807) is 0 Å². The molecule has 0 bridgehead atoms. The molecule has 0 saturated heterocycles. The molecule has 1 unspecified atom stereocenters. The lowest BCUT2D eigenvalue weighted by molar-refractivity contribution is 0.321. The minimum Gasteiger partial charge on any atom is -0.387 e. The van der Waals surface area contributed by atoms with Crippen LogP contribution in [0.1, 0.15) is 19.8 Å². The van der Waals surface area contributed by atoms with E-state index in [9.17, 15) is 0 Å². The molecule has 1 fully saturated rings. The van der Waals surface area contributed by atoms with Crippen LogP contribution >= 0.6 is 0 Å². The second kappa shape index (κ2) is 3.90. The number of rotatable bonds is 4. The van der Waals surface area contributed by atoms with Crippen molar-refractivity contribution in [1.82, 2.24) is 4.90 Å². The van der Waals surface area contributed by atoms with Gasteiger partial charge in [-0.3, -0.25) is 4.99 Å². The van der Waals surface area contributed by atoms with Crippen molar-refractivity contribution in [3.63, 3.8) is 0 Å². The van der Waals surface area contributed by atoms with E-state index in [0.29, 0.717) is 12.0 Å². The van der Waals surface area contributed by atoms with E-state index >= 15 is 0 Å². The largest absolute Gasteiger partial charge is 0.387 e. The van der Waals surface area contributed by atoms with Crippen molar-refractivity contribution >= 4 is 5.84 Å².